The van der Waals surface area contributed by atoms with Crippen molar-refractivity contribution in [1.29, 1.82) is 5.26 Å². The maximum absolute atomic E-state index is 11.6. The minimum atomic E-state index is 0.601. The molecule has 2 N–H and O–H groups in total. The van der Waals surface area contributed by atoms with E-state index in [0.717, 1.165) is 57.9 Å². The molecular formula is C20H18N2OS. The highest BCUT2D eigenvalue weighted by molar-refractivity contribution is 7.16. The zero-order valence-electron chi connectivity index (χ0n) is 13.5. The molecule has 0 aliphatic heterocycles. The van der Waals surface area contributed by atoms with Crippen molar-refractivity contribution < 1.29 is 4.79 Å². The lowest BCUT2D eigenvalue weighted by Crippen LogP contribution is -1.96. The summed E-state index contributed by atoms with van der Waals surface area (Å²) in [6.07, 6.45) is 3.58. The number of thiophene rings is 1. The number of nitrogen functional groups attached to an aromatic ring is 1. The third kappa shape index (κ3) is 2.91. The quantitative estimate of drug-likeness (QED) is 0.691. The van der Waals surface area contributed by atoms with Crippen molar-refractivity contribution >= 4 is 33.4 Å². The van der Waals surface area contributed by atoms with Gasteiger partial charge in [-0.25, -0.2) is 0 Å². The number of aryl methyl sites for hydroxylation is 2. The molecule has 0 bridgehead atoms. The van der Waals surface area contributed by atoms with E-state index in [2.05, 4.69) is 12.1 Å². The molecule has 3 nitrogen and oxygen atoms in total. The third-order valence-corrected chi connectivity index (χ3v) is 5.59. The fourth-order valence-corrected chi connectivity index (χ4v) is 4.17. The van der Waals surface area contributed by atoms with Crippen molar-refractivity contribution in [2.45, 2.75) is 26.2 Å². The molecule has 1 aromatic heterocycles. The summed E-state index contributed by atoms with van der Waals surface area (Å²) in [4.78, 5) is 12.7. The molecule has 0 radical (unpaired) electrons. The van der Waals surface area contributed by atoms with Gasteiger partial charge in [0, 0.05) is 10.4 Å². The Labute approximate surface area is 145 Å². The van der Waals surface area contributed by atoms with Crippen LogP contribution in [0.25, 0.3) is 10.8 Å². The molecule has 0 aliphatic carbocycles. The number of carbonyl (C=O) groups is 1. The van der Waals surface area contributed by atoms with Crippen LogP contribution in [0.4, 0.5) is 5.00 Å². The molecule has 0 saturated carbocycles. The van der Waals surface area contributed by atoms with Gasteiger partial charge in [-0.15, -0.1) is 11.3 Å². The number of nitrogens with two attached hydrogens (primary N) is 1. The van der Waals surface area contributed by atoms with Crippen LogP contribution in [0.3, 0.4) is 0 Å². The van der Waals surface area contributed by atoms with E-state index >= 15 is 0 Å². The minimum absolute atomic E-state index is 0.601. The van der Waals surface area contributed by atoms with Gasteiger partial charge < -0.3 is 5.73 Å². The van der Waals surface area contributed by atoms with Gasteiger partial charge >= 0.3 is 0 Å². The van der Waals surface area contributed by atoms with Crippen LogP contribution in [0, 0.1) is 18.3 Å². The van der Waals surface area contributed by atoms with Gasteiger partial charge in [-0.2, -0.15) is 5.26 Å². The predicted molar refractivity (Wildman–Crippen MR) is 99.5 cm³/mol. The lowest BCUT2D eigenvalue weighted by Gasteiger charge is -2.08. The minimum Gasteiger partial charge on any atom is -0.389 e. The summed E-state index contributed by atoms with van der Waals surface area (Å²) < 4.78 is 0. The second kappa shape index (κ2) is 6.86. The van der Waals surface area contributed by atoms with E-state index in [0.29, 0.717) is 10.6 Å². The van der Waals surface area contributed by atoms with E-state index in [9.17, 15) is 4.79 Å². The number of benzene rings is 2. The molecule has 24 heavy (non-hydrogen) atoms. The average Bonchev–Trinajstić information content (AvgIpc) is 2.87. The molecule has 0 atom stereocenters. The Morgan fingerprint density at radius 3 is 2.71 bits per heavy atom. The third-order valence-electron chi connectivity index (χ3n) is 4.41. The number of aldehydes is 1. The number of nitrogens with zero attached hydrogens (tertiary/aromatic N) is 1. The van der Waals surface area contributed by atoms with Crippen LogP contribution in [0.15, 0.2) is 36.4 Å². The number of nitriles is 1. The number of hydrogen-bond acceptors (Lipinski definition) is 4. The summed E-state index contributed by atoms with van der Waals surface area (Å²) in [5, 5.41) is 11.8. The van der Waals surface area contributed by atoms with E-state index in [4.69, 9.17) is 11.0 Å². The highest BCUT2D eigenvalue weighted by Gasteiger charge is 2.13. The fraction of sp³-hybridized carbons (Fsp3) is 0.200. The Bertz CT molecular complexity index is 950. The lowest BCUT2D eigenvalue weighted by molar-refractivity contribution is 0.112. The smallest absolute Gasteiger partial charge is 0.150 e. The maximum Gasteiger partial charge on any atom is 0.150 e. The van der Waals surface area contributed by atoms with Gasteiger partial charge in [0.1, 0.15) is 11.1 Å². The molecule has 2 aromatic carbocycles. The van der Waals surface area contributed by atoms with E-state index in [1.165, 1.54) is 11.3 Å². The van der Waals surface area contributed by atoms with Crippen LogP contribution in [0.1, 0.15) is 38.3 Å². The zero-order valence-corrected chi connectivity index (χ0v) is 14.3. The SMILES string of the molecule is Cc1c(CCCc2ccc3ccccc3c2C=O)sc(N)c1C#N. The molecule has 0 spiro atoms. The van der Waals surface area contributed by atoms with Crippen LogP contribution in [0.5, 0.6) is 0 Å². The van der Waals surface area contributed by atoms with E-state index < -0.39 is 0 Å². The Balaban J connectivity index is 1.79. The van der Waals surface area contributed by atoms with Gasteiger partial charge in [0.2, 0.25) is 0 Å². The largest absolute Gasteiger partial charge is 0.389 e. The normalized spacial score (nSPS) is 10.7. The van der Waals surface area contributed by atoms with E-state index in [1.807, 2.05) is 37.3 Å². The number of fused-ring (bicyclic) bond motifs is 1. The van der Waals surface area contributed by atoms with Crippen molar-refractivity contribution in [2.75, 3.05) is 5.73 Å². The summed E-state index contributed by atoms with van der Waals surface area (Å²) in [6, 6.07) is 14.2. The van der Waals surface area contributed by atoms with Gasteiger partial charge in [0.15, 0.2) is 6.29 Å². The van der Waals surface area contributed by atoms with Crippen molar-refractivity contribution in [3.05, 3.63) is 63.5 Å². The zero-order chi connectivity index (χ0) is 17.1. The van der Waals surface area contributed by atoms with Gasteiger partial charge in [-0.3, -0.25) is 4.79 Å². The monoisotopic (exact) mass is 334 g/mol. The first kappa shape index (κ1) is 16.2. The van der Waals surface area contributed by atoms with Crippen molar-refractivity contribution in [3.8, 4) is 6.07 Å². The van der Waals surface area contributed by atoms with Crippen LogP contribution in [-0.4, -0.2) is 6.29 Å². The highest BCUT2D eigenvalue weighted by Crippen LogP contribution is 2.31. The Hall–Kier alpha value is -2.64. The van der Waals surface area contributed by atoms with Crippen LogP contribution >= 0.6 is 11.3 Å². The Morgan fingerprint density at radius 1 is 1.21 bits per heavy atom. The summed E-state index contributed by atoms with van der Waals surface area (Å²) in [7, 11) is 0. The molecule has 1 heterocycles. The van der Waals surface area contributed by atoms with Gasteiger partial charge in [-0.05, 0) is 48.1 Å². The Morgan fingerprint density at radius 2 is 2.00 bits per heavy atom. The topological polar surface area (TPSA) is 66.9 Å². The summed E-state index contributed by atoms with van der Waals surface area (Å²) >= 11 is 1.50. The lowest BCUT2D eigenvalue weighted by atomic mass is 9.96. The molecule has 3 rings (SSSR count). The van der Waals surface area contributed by atoms with Gasteiger partial charge in [0.25, 0.3) is 0 Å². The maximum atomic E-state index is 11.6. The Kier molecular flexibility index (Phi) is 4.64. The van der Waals surface area contributed by atoms with Crippen LogP contribution < -0.4 is 5.73 Å². The highest BCUT2D eigenvalue weighted by atomic mass is 32.1. The predicted octanol–water partition coefficient (Wildman–Crippen LogP) is 4.65. The van der Waals surface area contributed by atoms with E-state index in [-0.39, 0.29) is 0 Å². The summed E-state index contributed by atoms with van der Waals surface area (Å²) in [5.41, 5.74) is 9.35. The number of rotatable bonds is 5. The summed E-state index contributed by atoms with van der Waals surface area (Å²) in [5.74, 6) is 0. The molecule has 3 aromatic rings. The molecule has 0 saturated heterocycles. The molecule has 0 unspecified atom stereocenters. The number of anilines is 1. The molecule has 120 valence electrons. The number of hydrogen-bond donors (Lipinski definition) is 1. The number of carbonyl (C=O) groups excluding carboxylic acids is 1. The molecule has 0 aliphatic rings. The summed E-state index contributed by atoms with van der Waals surface area (Å²) in [6.45, 7) is 1.95. The van der Waals surface area contributed by atoms with Crippen LogP contribution in [-0.2, 0) is 12.8 Å². The van der Waals surface area contributed by atoms with Gasteiger partial charge in [0.05, 0.1) is 5.56 Å². The van der Waals surface area contributed by atoms with Crippen LogP contribution in [0.2, 0.25) is 0 Å². The average molecular weight is 334 g/mol. The first-order valence-corrected chi connectivity index (χ1v) is 8.71. The molecule has 0 fully saturated rings. The van der Waals surface area contributed by atoms with Crippen molar-refractivity contribution in [1.82, 2.24) is 0 Å². The second-order valence-electron chi connectivity index (χ2n) is 5.83. The standard InChI is InChI=1S/C20H18N2OS/c1-13-17(11-21)20(22)24-19(13)8-4-6-15-10-9-14-5-2-3-7-16(14)18(15)12-23/h2-3,5,7,9-10,12H,4,6,8,22H2,1H3. The first-order valence-electron chi connectivity index (χ1n) is 7.89. The molecular weight excluding hydrogens is 316 g/mol. The molecule has 0 amide bonds. The second-order valence-corrected chi connectivity index (χ2v) is 6.97. The van der Waals surface area contributed by atoms with Gasteiger partial charge in [-0.1, -0.05) is 36.4 Å². The fourth-order valence-electron chi connectivity index (χ4n) is 3.10. The molecule has 4 heteroatoms. The first-order chi connectivity index (χ1) is 11.7. The van der Waals surface area contributed by atoms with Crippen molar-refractivity contribution in [2.24, 2.45) is 0 Å². The van der Waals surface area contributed by atoms with Crippen molar-refractivity contribution in [3.63, 3.8) is 0 Å². The van der Waals surface area contributed by atoms with E-state index in [1.54, 1.807) is 0 Å².